The number of methoxy groups -OCH3 is 1. The summed E-state index contributed by atoms with van der Waals surface area (Å²) in [6.07, 6.45) is 3.29. The van der Waals surface area contributed by atoms with Gasteiger partial charge < -0.3 is 9.47 Å². The van der Waals surface area contributed by atoms with Crippen LogP contribution in [-0.4, -0.2) is 29.1 Å². The molecule has 0 aliphatic carbocycles. The van der Waals surface area contributed by atoms with Crippen molar-refractivity contribution in [2.75, 3.05) is 13.7 Å². The summed E-state index contributed by atoms with van der Waals surface area (Å²) in [6, 6.07) is 4.67. The van der Waals surface area contributed by atoms with Crippen molar-refractivity contribution < 1.29 is 18.7 Å². The third-order valence-electron chi connectivity index (χ3n) is 3.52. The molecule has 0 atom stereocenters. The number of imidazole rings is 1. The van der Waals surface area contributed by atoms with Crippen molar-refractivity contribution in [3.8, 4) is 17.0 Å². The van der Waals surface area contributed by atoms with E-state index in [4.69, 9.17) is 9.47 Å². The Morgan fingerprint density at radius 2 is 2.29 bits per heavy atom. The number of hydrogen-bond donors (Lipinski definition) is 0. The summed E-state index contributed by atoms with van der Waals surface area (Å²) in [5.74, 6) is -0.667. The molecule has 2 aromatic heterocycles. The highest BCUT2D eigenvalue weighted by molar-refractivity contribution is 7.19. The Balaban J connectivity index is 1.97. The lowest BCUT2D eigenvalue weighted by Gasteiger charge is -2.03. The van der Waals surface area contributed by atoms with Crippen LogP contribution in [-0.2, 0) is 4.74 Å². The average molecular weight is 346 g/mol. The second-order valence-electron chi connectivity index (χ2n) is 5.03. The Morgan fingerprint density at radius 1 is 1.50 bits per heavy atom. The summed E-state index contributed by atoms with van der Waals surface area (Å²) in [5, 5.41) is 0. The van der Waals surface area contributed by atoms with Crippen molar-refractivity contribution >= 4 is 22.3 Å². The number of carbonyl (C=O) groups is 1. The largest absolute Gasteiger partial charge is 0.494 e. The quantitative estimate of drug-likeness (QED) is 0.520. The maximum Gasteiger partial charge on any atom is 0.350 e. The fraction of sp³-hybridized carbons (Fsp3) is 0.176. The van der Waals surface area contributed by atoms with Crippen LogP contribution in [0.15, 0.2) is 37.1 Å². The number of thiazole rings is 1. The maximum atomic E-state index is 13.9. The molecule has 3 aromatic rings. The molecule has 7 heteroatoms. The number of carbonyl (C=O) groups excluding carboxylic acids is 1. The summed E-state index contributed by atoms with van der Waals surface area (Å²) in [5.41, 5.74) is 1.99. The SMILES string of the molecule is C=CCOC(=O)c1sc2nc(-c3ccc(OC)c(F)c3)cn2c1C. The molecule has 0 fully saturated rings. The normalized spacial score (nSPS) is 10.8. The Kier molecular flexibility index (Phi) is 4.35. The van der Waals surface area contributed by atoms with Gasteiger partial charge in [-0.3, -0.25) is 4.40 Å². The van der Waals surface area contributed by atoms with Crippen molar-refractivity contribution in [1.29, 1.82) is 0 Å². The van der Waals surface area contributed by atoms with Crippen molar-refractivity contribution in [3.05, 3.63) is 53.4 Å². The molecule has 0 spiro atoms. The highest BCUT2D eigenvalue weighted by Gasteiger charge is 2.19. The van der Waals surface area contributed by atoms with Crippen LogP contribution < -0.4 is 4.74 Å². The van der Waals surface area contributed by atoms with Gasteiger partial charge >= 0.3 is 5.97 Å². The number of ether oxygens (including phenoxy) is 2. The molecule has 0 bridgehead atoms. The van der Waals surface area contributed by atoms with Crippen molar-refractivity contribution in [3.63, 3.8) is 0 Å². The lowest BCUT2D eigenvalue weighted by molar-refractivity contribution is 0.0554. The molecule has 1 aromatic carbocycles. The lowest BCUT2D eigenvalue weighted by Crippen LogP contribution is -2.05. The van der Waals surface area contributed by atoms with Crippen LogP contribution in [0.25, 0.3) is 16.2 Å². The van der Waals surface area contributed by atoms with Crippen LogP contribution in [0.3, 0.4) is 0 Å². The minimum Gasteiger partial charge on any atom is -0.494 e. The van der Waals surface area contributed by atoms with Crippen molar-refractivity contribution in [1.82, 2.24) is 9.38 Å². The number of esters is 1. The van der Waals surface area contributed by atoms with Gasteiger partial charge in [0.25, 0.3) is 0 Å². The summed E-state index contributed by atoms with van der Waals surface area (Å²) in [7, 11) is 1.42. The predicted octanol–water partition coefficient (Wildman–Crippen LogP) is 3.86. The molecule has 0 radical (unpaired) electrons. The molecule has 3 rings (SSSR count). The zero-order valence-electron chi connectivity index (χ0n) is 13.2. The molecule has 5 nitrogen and oxygen atoms in total. The highest BCUT2D eigenvalue weighted by atomic mass is 32.1. The van der Waals surface area contributed by atoms with Gasteiger partial charge in [-0.15, -0.1) is 0 Å². The molecule has 0 aliphatic rings. The van der Waals surface area contributed by atoms with Gasteiger partial charge in [0.1, 0.15) is 11.5 Å². The summed E-state index contributed by atoms with van der Waals surface area (Å²) in [6.45, 7) is 5.49. The minimum absolute atomic E-state index is 0.162. The molecule has 0 aliphatic heterocycles. The number of aryl methyl sites for hydroxylation is 1. The second kappa shape index (κ2) is 6.45. The number of nitrogens with zero attached hydrogens (tertiary/aromatic N) is 2. The maximum absolute atomic E-state index is 13.9. The van der Waals surface area contributed by atoms with Crippen LogP contribution in [0.2, 0.25) is 0 Å². The third-order valence-corrected chi connectivity index (χ3v) is 4.66. The Bertz CT molecular complexity index is 929. The zero-order valence-corrected chi connectivity index (χ0v) is 14.0. The van der Waals surface area contributed by atoms with E-state index in [0.717, 1.165) is 5.69 Å². The third kappa shape index (κ3) is 2.78. The molecule has 0 amide bonds. The number of hydrogen-bond acceptors (Lipinski definition) is 5. The molecule has 0 N–H and O–H groups in total. The molecular weight excluding hydrogens is 331 g/mol. The fourth-order valence-electron chi connectivity index (χ4n) is 2.30. The van der Waals surface area contributed by atoms with Crippen LogP contribution in [0.1, 0.15) is 15.4 Å². The van der Waals surface area contributed by atoms with E-state index in [9.17, 15) is 9.18 Å². The molecular formula is C17H15FN2O3S. The molecule has 24 heavy (non-hydrogen) atoms. The number of fused-ring (bicyclic) bond motifs is 1. The smallest absolute Gasteiger partial charge is 0.350 e. The van der Waals surface area contributed by atoms with Gasteiger partial charge in [0.15, 0.2) is 16.5 Å². The first-order chi connectivity index (χ1) is 11.5. The Hall–Kier alpha value is -2.67. The number of benzene rings is 1. The van der Waals surface area contributed by atoms with E-state index < -0.39 is 11.8 Å². The van der Waals surface area contributed by atoms with Crippen LogP contribution in [0.4, 0.5) is 4.39 Å². The van der Waals surface area contributed by atoms with Gasteiger partial charge in [0.2, 0.25) is 0 Å². The monoisotopic (exact) mass is 346 g/mol. The lowest BCUT2D eigenvalue weighted by atomic mass is 10.1. The van der Waals surface area contributed by atoms with Gasteiger partial charge in [-0.2, -0.15) is 0 Å². The average Bonchev–Trinajstić information content (AvgIpc) is 3.12. The van der Waals surface area contributed by atoms with Gasteiger partial charge in [-0.1, -0.05) is 24.0 Å². The van der Waals surface area contributed by atoms with Gasteiger partial charge in [-0.25, -0.2) is 14.2 Å². The van der Waals surface area contributed by atoms with Crippen LogP contribution >= 0.6 is 11.3 Å². The summed E-state index contributed by atoms with van der Waals surface area (Å²) < 4.78 is 25.6. The van der Waals surface area contributed by atoms with Gasteiger partial charge in [0, 0.05) is 17.5 Å². The van der Waals surface area contributed by atoms with E-state index in [1.807, 2.05) is 6.92 Å². The van der Waals surface area contributed by atoms with Gasteiger partial charge in [-0.05, 0) is 25.1 Å². The van der Waals surface area contributed by atoms with Crippen molar-refractivity contribution in [2.24, 2.45) is 0 Å². The van der Waals surface area contributed by atoms with E-state index in [1.165, 1.54) is 30.6 Å². The van der Waals surface area contributed by atoms with Crippen LogP contribution in [0.5, 0.6) is 5.75 Å². The molecule has 0 saturated heterocycles. The summed E-state index contributed by atoms with van der Waals surface area (Å²) in [4.78, 5) is 17.6. The fourth-order valence-corrected chi connectivity index (χ4v) is 3.31. The topological polar surface area (TPSA) is 52.8 Å². The molecule has 0 unspecified atom stereocenters. The molecule has 2 heterocycles. The number of halogens is 1. The van der Waals surface area contributed by atoms with E-state index >= 15 is 0 Å². The van der Waals surface area contributed by atoms with E-state index in [0.29, 0.717) is 21.1 Å². The zero-order chi connectivity index (χ0) is 17.3. The number of aromatic nitrogens is 2. The first kappa shape index (κ1) is 16.2. The minimum atomic E-state index is -0.447. The van der Waals surface area contributed by atoms with Crippen molar-refractivity contribution in [2.45, 2.75) is 6.92 Å². The van der Waals surface area contributed by atoms with E-state index in [2.05, 4.69) is 11.6 Å². The first-order valence-corrected chi connectivity index (χ1v) is 7.97. The highest BCUT2D eigenvalue weighted by Crippen LogP contribution is 2.29. The number of rotatable bonds is 5. The molecule has 0 saturated carbocycles. The Labute approximate surface area is 142 Å². The predicted molar refractivity (Wildman–Crippen MR) is 90.2 cm³/mol. The van der Waals surface area contributed by atoms with Gasteiger partial charge in [0.05, 0.1) is 12.8 Å². The first-order valence-electron chi connectivity index (χ1n) is 7.15. The standard InChI is InChI=1S/C17H15FN2O3S/c1-4-7-23-16(21)15-10(2)20-9-13(19-17(20)24-15)11-5-6-14(22-3)12(18)8-11/h4-6,8-9H,1,7H2,2-3H3. The van der Waals surface area contributed by atoms with Crippen LogP contribution in [0, 0.1) is 12.7 Å². The summed E-state index contributed by atoms with van der Waals surface area (Å²) >= 11 is 1.23. The molecule has 124 valence electrons. The second-order valence-corrected chi connectivity index (χ2v) is 6.01. The Morgan fingerprint density at radius 3 is 2.92 bits per heavy atom. The van der Waals surface area contributed by atoms with E-state index in [-0.39, 0.29) is 12.4 Å². The van der Waals surface area contributed by atoms with E-state index in [1.54, 1.807) is 22.7 Å².